The van der Waals surface area contributed by atoms with Crippen LogP contribution in [0.4, 0.5) is 0 Å². The van der Waals surface area contributed by atoms with Gasteiger partial charge in [0.2, 0.25) is 0 Å². The first-order valence-electron chi connectivity index (χ1n) is 9.83. The lowest BCUT2D eigenvalue weighted by Gasteiger charge is -2.20. The van der Waals surface area contributed by atoms with Crippen LogP contribution in [0.1, 0.15) is 53.4 Å². The predicted octanol–water partition coefficient (Wildman–Crippen LogP) is 7.34. The van der Waals surface area contributed by atoms with Crippen molar-refractivity contribution in [2.75, 3.05) is 0 Å². The summed E-state index contributed by atoms with van der Waals surface area (Å²) in [5, 5.41) is 3.43. The van der Waals surface area contributed by atoms with E-state index in [1.807, 2.05) is 50.2 Å². The minimum absolute atomic E-state index is 0.646. The minimum atomic E-state index is 0.646. The Morgan fingerprint density at radius 2 is 1.62 bits per heavy atom. The van der Waals surface area contributed by atoms with Gasteiger partial charge in [-0.05, 0) is 56.3 Å². The van der Waals surface area contributed by atoms with Gasteiger partial charge < -0.3 is 5.32 Å². The number of nitrogens with one attached hydrogen (secondary N) is 1. The molecule has 1 atom stereocenters. The third kappa shape index (κ3) is 8.71. The van der Waals surface area contributed by atoms with Gasteiger partial charge >= 0.3 is 0 Å². The van der Waals surface area contributed by atoms with Gasteiger partial charge in [-0.2, -0.15) is 0 Å². The Hall–Kier alpha value is -2.28. The van der Waals surface area contributed by atoms with Crippen molar-refractivity contribution in [3.8, 4) is 0 Å². The van der Waals surface area contributed by atoms with Gasteiger partial charge in [0.05, 0.1) is 0 Å². The van der Waals surface area contributed by atoms with Gasteiger partial charge in [0.15, 0.2) is 0 Å². The molecule has 0 aromatic heterocycles. The summed E-state index contributed by atoms with van der Waals surface area (Å²) >= 11 is 0. The van der Waals surface area contributed by atoms with Crippen molar-refractivity contribution in [2.24, 2.45) is 5.92 Å². The van der Waals surface area contributed by atoms with E-state index in [1.54, 1.807) is 0 Å². The standard InChI is InChI=1S/C17H23N.C6H6.C2H6/c1-13-6-4-5-7-15(3)18-17-11-9-14(2)12-16(17)10-8-13;1-2-4-6-5-3-1;1-2/h5,7-9,11,14,18H,3-4,6,10,12H2,1-2H3;1-6H;1-2H3/b7-5-,13-8-;;. The van der Waals surface area contributed by atoms with Crippen molar-refractivity contribution in [3.05, 3.63) is 95.9 Å². The van der Waals surface area contributed by atoms with Gasteiger partial charge in [0, 0.05) is 11.4 Å². The molecular formula is C25H35N. The van der Waals surface area contributed by atoms with Crippen LogP contribution in [0.2, 0.25) is 0 Å². The zero-order valence-electron chi connectivity index (χ0n) is 17.0. The summed E-state index contributed by atoms with van der Waals surface area (Å²) < 4.78 is 0. The average Bonchev–Trinajstić information content (AvgIpc) is 2.71. The third-order valence-corrected chi connectivity index (χ3v) is 4.22. The maximum atomic E-state index is 4.06. The van der Waals surface area contributed by atoms with Gasteiger partial charge in [-0.15, -0.1) is 0 Å². The van der Waals surface area contributed by atoms with Crippen molar-refractivity contribution in [1.29, 1.82) is 0 Å². The zero-order valence-corrected chi connectivity index (χ0v) is 17.0. The molecule has 140 valence electrons. The van der Waals surface area contributed by atoms with Gasteiger partial charge in [-0.1, -0.05) is 87.5 Å². The fourth-order valence-corrected chi connectivity index (χ4v) is 2.80. The summed E-state index contributed by atoms with van der Waals surface area (Å²) in [7, 11) is 0. The lowest BCUT2D eigenvalue weighted by molar-refractivity contribution is 0.678. The first-order valence-corrected chi connectivity index (χ1v) is 9.83. The molecule has 3 rings (SSSR count). The topological polar surface area (TPSA) is 12.0 Å². The van der Waals surface area contributed by atoms with E-state index in [0.29, 0.717) is 5.92 Å². The van der Waals surface area contributed by atoms with E-state index in [-0.39, 0.29) is 0 Å². The second kappa shape index (κ2) is 13.0. The van der Waals surface area contributed by atoms with E-state index in [0.717, 1.165) is 31.4 Å². The molecule has 1 heterocycles. The summed E-state index contributed by atoms with van der Waals surface area (Å²) in [6.07, 6.45) is 15.6. The van der Waals surface area contributed by atoms with Gasteiger partial charge in [0.25, 0.3) is 0 Å². The van der Waals surface area contributed by atoms with Crippen molar-refractivity contribution in [1.82, 2.24) is 5.32 Å². The first-order chi connectivity index (χ1) is 12.6. The lowest BCUT2D eigenvalue weighted by Crippen LogP contribution is -2.15. The zero-order chi connectivity index (χ0) is 19.2. The molecule has 0 spiro atoms. The number of benzene rings is 1. The van der Waals surface area contributed by atoms with Crippen LogP contribution >= 0.6 is 0 Å². The maximum absolute atomic E-state index is 4.06. The minimum Gasteiger partial charge on any atom is -0.356 e. The fraction of sp³-hybridized carbons (Fsp3) is 0.360. The third-order valence-electron chi connectivity index (χ3n) is 4.22. The van der Waals surface area contributed by atoms with Crippen LogP contribution in [-0.4, -0.2) is 0 Å². The van der Waals surface area contributed by atoms with Gasteiger partial charge in [0.1, 0.15) is 0 Å². The Morgan fingerprint density at radius 1 is 1.00 bits per heavy atom. The number of rotatable bonds is 0. The maximum Gasteiger partial charge on any atom is 0.0376 e. The van der Waals surface area contributed by atoms with Crippen LogP contribution in [-0.2, 0) is 0 Å². The fourth-order valence-electron chi connectivity index (χ4n) is 2.80. The summed E-state index contributed by atoms with van der Waals surface area (Å²) in [5.74, 6) is 0.646. The molecule has 1 nitrogen and oxygen atoms in total. The van der Waals surface area contributed by atoms with E-state index >= 15 is 0 Å². The van der Waals surface area contributed by atoms with Crippen LogP contribution in [0.3, 0.4) is 0 Å². The largest absolute Gasteiger partial charge is 0.356 e. The van der Waals surface area contributed by atoms with Crippen molar-refractivity contribution in [3.63, 3.8) is 0 Å². The van der Waals surface area contributed by atoms with Gasteiger partial charge in [-0.25, -0.2) is 0 Å². The van der Waals surface area contributed by atoms with Gasteiger partial charge in [-0.3, -0.25) is 0 Å². The van der Waals surface area contributed by atoms with E-state index in [1.165, 1.54) is 16.8 Å². The smallest absolute Gasteiger partial charge is 0.0376 e. The first kappa shape index (κ1) is 21.8. The highest BCUT2D eigenvalue weighted by Crippen LogP contribution is 2.26. The molecule has 0 fully saturated rings. The number of allylic oxidation sites excluding steroid dienone is 7. The van der Waals surface area contributed by atoms with Crippen LogP contribution in [0.5, 0.6) is 0 Å². The highest BCUT2D eigenvalue weighted by molar-refractivity contribution is 5.35. The van der Waals surface area contributed by atoms with Crippen molar-refractivity contribution in [2.45, 2.75) is 53.4 Å². The molecule has 26 heavy (non-hydrogen) atoms. The van der Waals surface area contributed by atoms with Crippen LogP contribution in [0.15, 0.2) is 95.9 Å². The van der Waals surface area contributed by atoms with E-state index in [9.17, 15) is 0 Å². The highest BCUT2D eigenvalue weighted by Gasteiger charge is 2.13. The quantitative estimate of drug-likeness (QED) is 0.483. The molecule has 1 unspecified atom stereocenters. The monoisotopic (exact) mass is 349 g/mol. The molecule has 0 saturated carbocycles. The normalized spacial score (nSPS) is 22.7. The molecule has 2 aliphatic rings. The summed E-state index contributed by atoms with van der Waals surface area (Å²) in [4.78, 5) is 0. The molecular weight excluding hydrogens is 314 g/mol. The van der Waals surface area contributed by atoms with E-state index in [4.69, 9.17) is 0 Å². The second-order valence-corrected chi connectivity index (χ2v) is 6.56. The Bertz CT molecular complexity index is 617. The molecule has 0 bridgehead atoms. The van der Waals surface area contributed by atoms with Crippen LogP contribution in [0, 0.1) is 5.92 Å². The average molecular weight is 350 g/mol. The number of hydrogen-bond acceptors (Lipinski definition) is 1. The Balaban J connectivity index is 0.000000353. The summed E-state index contributed by atoms with van der Waals surface area (Å²) in [6.45, 7) is 12.6. The molecule has 1 N–H and O–H groups in total. The second-order valence-electron chi connectivity index (χ2n) is 6.56. The predicted molar refractivity (Wildman–Crippen MR) is 117 cm³/mol. The SMILES string of the molecule is C=C1/C=C\CC/C(C)=C\CC2=C(C=CC(C)C2)N1.CC.c1ccccc1. The van der Waals surface area contributed by atoms with Crippen molar-refractivity contribution < 1.29 is 0 Å². The summed E-state index contributed by atoms with van der Waals surface area (Å²) in [5.41, 5.74) is 5.22. The van der Waals surface area contributed by atoms with Crippen LogP contribution < -0.4 is 5.32 Å². The molecule has 0 amide bonds. The lowest BCUT2D eigenvalue weighted by atomic mass is 9.91. The Morgan fingerprint density at radius 3 is 2.23 bits per heavy atom. The molecule has 1 aromatic carbocycles. The highest BCUT2D eigenvalue weighted by atomic mass is 14.9. The van der Waals surface area contributed by atoms with E-state index < -0.39 is 0 Å². The molecule has 0 saturated heterocycles. The molecule has 1 aliphatic heterocycles. The summed E-state index contributed by atoms with van der Waals surface area (Å²) in [6, 6.07) is 12.0. The molecule has 1 heteroatoms. The number of hydrogen-bond donors (Lipinski definition) is 1. The Kier molecular flexibility index (Phi) is 10.9. The molecule has 1 aliphatic carbocycles. The Labute approximate surface area is 160 Å². The molecule has 0 radical (unpaired) electrons. The van der Waals surface area contributed by atoms with Crippen molar-refractivity contribution >= 4 is 0 Å². The molecule has 1 aromatic rings. The van der Waals surface area contributed by atoms with E-state index in [2.05, 4.69) is 56.1 Å². The van der Waals surface area contributed by atoms with Crippen LogP contribution in [0.25, 0.3) is 0 Å².